The van der Waals surface area contributed by atoms with Crippen LogP contribution in [-0.4, -0.2) is 24.9 Å². The highest BCUT2D eigenvalue weighted by Crippen LogP contribution is 2.37. The van der Waals surface area contributed by atoms with E-state index in [0.29, 0.717) is 25.4 Å². The summed E-state index contributed by atoms with van der Waals surface area (Å²) in [7, 11) is 1.65. The van der Waals surface area contributed by atoms with Gasteiger partial charge in [0.05, 0.1) is 25.4 Å². The predicted molar refractivity (Wildman–Crippen MR) is 70.7 cm³/mol. The quantitative estimate of drug-likeness (QED) is 0.896. The summed E-state index contributed by atoms with van der Waals surface area (Å²) >= 11 is 0. The molecule has 0 bridgehead atoms. The zero-order valence-corrected chi connectivity index (χ0v) is 11.3. The van der Waals surface area contributed by atoms with Crippen molar-refractivity contribution in [1.29, 1.82) is 0 Å². The Bertz CT molecular complexity index is 385. The SMILES string of the molecule is COc1ccc(C2(O)CCOC(C(C)C)C2)cc1. The molecule has 1 aromatic rings. The summed E-state index contributed by atoms with van der Waals surface area (Å²) < 4.78 is 10.9. The molecule has 0 radical (unpaired) electrons. The van der Waals surface area contributed by atoms with Crippen LogP contribution in [0, 0.1) is 5.92 Å². The highest BCUT2D eigenvalue weighted by molar-refractivity contribution is 5.31. The lowest BCUT2D eigenvalue weighted by atomic mass is 9.81. The molecule has 0 saturated carbocycles. The molecule has 1 aromatic carbocycles. The maximum atomic E-state index is 10.8. The highest BCUT2D eigenvalue weighted by atomic mass is 16.5. The fourth-order valence-electron chi connectivity index (χ4n) is 2.46. The molecule has 0 aromatic heterocycles. The number of hydrogen-bond donors (Lipinski definition) is 1. The summed E-state index contributed by atoms with van der Waals surface area (Å²) in [5.41, 5.74) is 0.191. The Hall–Kier alpha value is -1.06. The Morgan fingerprint density at radius 2 is 2.00 bits per heavy atom. The van der Waals surface area contributed by atoms with Crippen molar-refractivity contribution < 1.29 is 14.6 Å². The second kappa shape index (κ2) is 5.29. The minimum absolute atomic E-state index is 0.130. The molecular formula is C15H22O3. The number of hydrogen-bond acceptors (Lipinski definition) is 3. The van der Waals surface area contributed by atoms with Crippen molar-refractivity contribution in [3.63, 3.8) is 0 Å². The van der Waals surface area contributed by atoms with Crippen molar-refractivity contribution in [3.8, 4) is 5.75 Å². The van der Waals surface area contributed by atoms with E-state index in [4.69, 9.17) is 9.47 Å². The van der Waals surface area contributed by atoms with Crippen LogP contribution in [0.2, 0.25) is 0 Å². The van der Waals surface area contributed by atoms with Crippen LogP contribution in [0.4, 0.5) is 0 Å². The average Bonchev–Trinajstić information content (AvgIpc) is 2.39. The Balaban J connectivity index is 2.18. The Kier molecular flexibility index (Phi) is 3.93. The summed E-state index contributed by atoms with van der Waals surface area (Å²) in [5, 5.41) is 10.8. The van der Waals surface area contributed by atoms with Gasteiger partial charge >= 0.3 is 0 Å². The fraction of sp³-hybridized carbons (Fsp3) is 0.600. The molecule has 18 heavy (non-hydrogen) atoms. The zero-order chi connectivity index (χ0) is 13.2. The van der Waals surface area contributed by atoms with Gasteiger partial charge < -0.3 is 14.6 Å². The first-order valence-corrected chi connectivity index (χ1v) is 6.54. The minimum Gasteiger partial charge on any atom is -0.497 e. The number of ether oxygens (including phenoxy) is 2. The Labute approximate surface area is 109 Å². The molecule has 1 fully saturated rings. The molecular weight excluding hydrogens is 228 g/mol. The van der Waals surface area contributed by atoms with Gasteiger partial charge in [-0.2, -0.15) is 0 Å². The van der Waals surface area contributed by atoms with Crippen LogP contribution in [0.25, 0.3) is 0 Å². The van der Waals surface area contributed by atoms with Crippen LogP contribution < -0.4 is 4.74 Å². The van der Waals surface area contributed by atoms with E-state index >= 15 is 0 Å². The molecule has 2 rings (SSSR count). The number of aliphatic hydroxyl groups is 1. The third-order valence-corrected chi connectivity index (χ3v) is 3.76. The van der Waals surface area contributed by atoms with E-state index < -0.39 is 5.60 Å². The van der Waals surface area contributed by atoms with Crippen molar-refractivity contribution >= 4 is 0 Å². The second-order valence-corrected chi connectivity index (χ2v) is 5.37. The van der Waals surface area contributed by atoms with Gasteiger partial charge in [-0.25, -0.2) is 0 Å². The largest absolute Gasteiger partial charge is 0.497 e. The maximum absolute atomic E-state index is 10.8. The molecule has 1 aliphatic rings. The van der Waals surface area contributed by atoms with Crippen molar-refractivity contribution in [3.05, 3.63) is 29.8 Å². The van der Waals surface area contributed by atoms with Crippen molar-refractivity contribution in [2.75, 3.05) is 13.7 Å². The van der Waals surface area contributed by atoms with E-state index in [1.807, 2.05) is 24.3 Å². The molecule has 1 N–H and O–H groups in total. The molecule has 2 atom stereocenters. The first-order valence-electron chi connectivity index (χ1n) is 6.54. The van der Waals surface area contributed by atoms with Crippen LogP contribution in [0.1, 0.15) is 32.3 Å². The number of methoxy groups -OCH3 is 1. The molecule has 0 amide bonds. The predicted octanol–water partition coefficient (Wildman–Crippen LogP) is 2.72. The van der Waals surface area contributed by atoms with E-state index in [2.05, 4.69) is 13.8 Å². The van der Waals surface area contributed by atoms with Gasteiger partial charge in [0.1, 0.15) is 5.75 Å². The van der Waals surface area contributed by atoms with E-state index in [9.17, 15) is 5.11 Å². The Morgan fingerprint density at radius 3 is 2.56 bits per heavy atom. The molecule has 100 valence electrons. The van der Waals surface area contributed by atoms with Crippen molar-refractivity contribution in [1.82, 2.24) is 0 Å². The van der Waals surface area contributed by atoms with Crippen LogP contribution in [-0.2, 0) is 10.3 Å². The van der Waals surface area contributed by atoms with Gasteiger partial charge in [0.25, 0.3) is 0 Å². The summed E-state index contributed by atoms with van der Waals surface area (Å²) in [6, 6.07) is 7.68. The van der Waals surface area contributed by atoms with Gasteiger partial charge in [-0.1, -0.05) is 26.0 Å². The molecule has 3 heteroatoms. The first kappa shape index (κ1) is 13.4. The molecule has 3 nitrogen and oxygen atoms in total. The van der Waals surface area contributed by atoms with Gasteiger partial charge in [0.2, 0.25) is 0 Å². The Morgan fingerprint density at radius 1 is 1.33 bits per heavy atom. The lowest BCUT2D eigenvalue weighted by Gasteiger charge is -2.39. The van der Waals surface area contributed by atoms with Gasteiger partial charge in [0, 0.05) is 12.8 Å². The minimum atomic E-state index is -0.764. The molecule has 1 aliphatic heterocycles. The summed E-state index contributed by atoms with van der Waals surface area (Å²) in [6.07, 6.45) is 1.45. The van der Waals surface area contributed by atoms with Gasteiger partial charge in [-0.05, 0) is 23.6 Å². The zero-order valence-electron chi connectivity index (χ0n) is 11.3. The molecule has 0 spiro atoms. The number of benzene rings is 1. The number of rotatable bonds is 3. The molecule has 2 unspecified atom stereocenters. The fourth-order valence-corrected chi connectivity index (χ4v) is 2.46. The summed E-state index contributed by atoms with van der Waals surface area (Å²) in [5.74, 6) is 1.24. The van der Waals surface area contributed by atoms with E-state index in [1.54, 1.807) is 7.11 Å². The van der Waals surface area contributed by atoms with Gasteiger partial charge in [-0.15, -0.1) is 0 Å². The monoisotopic (exact) mass is 250 g/mol. The molecule has 0 aliphatic carbocycles. The maximum Gasteiger partial charge on any atom is 0.118 e. The van der Waals surface area contributed by atoms with Gasteiger partial charge in [-0.3, -0.25) is 0 Å². The first-order chi connectivity index (χ1) is 8.55. The normalized spacial score (nSPS) is 28.4. The van der Waals surface area contributed by atoms with Crippen LogP contribution in [0.15, 0.2) is 24.3 Å². The molecule has 1 heterocycles. The smallest absolute Gasteiger partial charge is 0.118 e. The van der Waals surface area contributed by atoms with Crippen molar-refractivity contribution in [2.24, 2.45) is 5.92 Å². The third kappa shape index (κ3) is 2.68. The summed E-state index contributed by atoms with van der Waals surface area (Å²) in [6.45, 7) is 4.88. The third-order valence-electron chi connectivity index (χ3n) is 3.76. The van der Waals surface area contributed by atoms with Crippen LogP contribution in [0.5, 0.6) is 5.75 Å². The molecule has 1 saturated heterocycles. The van der Waals surface area contributed by atoms with Crippen LogP contribution in [0.3, 0.4) is 0 Å². The lowest BCUT2D eigenvalue weighted by Crippen LogP contribution is -2.40. The van der Waals surface area contributed by atoms with E-state index in [1.165, 1.54) is 0 Å². The van der Waals surface area contributed by atoms with Crippen molar-refractivity contribution in [2.45, 2.75) is 38.4 Å². The average molecular weight is 250 g/mol. The standard InChI is InChI=1S/C15H22O3/c1-11(2)14-10-15(16,8-9-18-14)12-4-6-13(17-3)7-5-12/h4-7,11,14,16H,8-10H2,1-3H3. The van der Waals surface area contributed by atoms with Crippen LogP contribution >= 0.6 is 0 Å². The highest BCUT2D eigenvalue weighted by Gasteiger charge is 2.37. The second-order valence-electron chi connectivity index (χ2n) is 5.37. The topological polar surface area (TPSA) is 38.7 Å². The van der Waals surface area contributed by atoms with Gasteiger partial charge in [0.15, 0.2) is 0 Å². The lowest BCUT2D eigenvalue weighted by molar-refractivity contribution is -0.121. The van der Waals surface area contributed by atoms with E-state index in [-0.39, 0.29) is 6.10 Å². The summed E-state index contributed by atoms with van der Waals surface area (Å²) in [4.78, 5) is 0. The van der Waals surface area contributed by atoms with E-state index in [0.717, 1.165) is 11.3 Å².